The number of hydrogen-bond donors (Lipinski definition) is 1. The lowest BCUT2D eigenvalue weighted by molar-refractivity contribution is 0.193. The smallest absolute Gasteiger partial charge is 0.334 e. The summed E-state index contributed by atoms with van der Waals surface area (Å²) in [4.78, 5) is 22.3. The molecular weight excluding hydrogens is 218 g/mol. The second kappa shape index (κ2) is 7.25. The third-order valence-corrected chi connectivity index (χ3v) is 3.35. The van der Waals surface area contributed by atoms with Crippen LogP contribution in [0.2, 0.25) is 0 Å². The molecule has 0 spiro atoms. The molecule has 2 atom stereocenters. The van der Waals surface area contributed by atoms with Crippen LogP contribution < -0.4 is 5.32 Å². The number of nitroso groups, excluding NO2 is 1. The summed E-state index contributed by atoms with van der Waals surface area (Å²) in [5.41, 5.74) is 0. The molecule has 1 aliphatic carbocycles. The first kappa shape index (κ1) is 13.9. The molecule has 0 aromatic carbocycles. The fourth-order valence-electron chi connectivity index (χ4n) is 2.27. The molecule has 0 aliphatic heterocycles. The fraction of sp³-hybridized carbons (Fsp3) is 0.917. The molecular formula is C12H23N3O2. The standard InChI is InChI=1S/C12H23N3O2/c1-3-9-15(14-17)12(16)13-11-6-4-5-10(2)7-8-11/h10-11H,3-9H2,1-2H3,(H,13,16). The van der Waals surface area contributed by atoms with Crippen molar-refractivity contribution in [1.29, 1.82) is 0 Å². The van der Waals surface area contributed by atoms with Crippen molar-refractivity contribution in [3.63, 3.8) is 0 Å². The van der Waals surface area contributed by atoms with Crippen LogP contribution in [0.1, 0.15) is 52.4 Å². The summed E-state index contributed by atoms with van der Waals surface area (Å²) in [6.07, 6.45) is 6.28. The van der Waals surface area contributed by atoms with Gasteiger partial charge in [0.05, 0.1) is 5.29 Å². The first-order chi connectivity index (χ1) is 8.17. The van der Waals surface area contributed by atoms with Crippen molar-refractivity contribution in [2.45, 2.75) is 58.4 Å². The van der Waals surface area contributed by atoms with Gasteiger partial charge in [-0.15, -0.1) is 4.91 Å². The molecule has 1 fully saturated rings. The molecule has 1 rings (SSSR count). The summed E-state index contributed by atoms with van der Waals surface area (Å²) < 4.78 is 0. The van der Waals surface area contributed by atoms with Crippen LogP contribution in [0, 0.1) is 10.8 Å². The summed E-state index contributed by atoms with van der Waals surface area (Å²) in [6, 6.07) is -0.144. The van der Waals surface area contributed by atoms with Gasteiger partial charge in [0.1, 0.15) is 0 Å². The maximum absolute atomic E-state index is 11.7. The molecule has 0 heterocycles. The molecule has 98 valence electrons. The topological polar surface area (TPSA) is 61.8 Å². The second-order valence-electron chi connectivity index (χ2n) is 4.96. The first-order valence-corrected chi connectivity index (χ1v) is 6.58. The summed E-state index contributed by atoms with van der Waals surface area (Å²) in [5, 5.41) is 6.64. The zero-order valence-corrected chi connectivity index (χ0v) is 10.8. The monoisotopic (exact) mass is 241 g/mol. The van der Waals surface area contributed by atoms with Gasteiger partial charge in [0, 0.05) is 12.6 Å². The highest BCUT2D eigenvalue weighted by atomic mass is 16.3. The predicted molar refractivity (Wildman–Crippen MR) is 67.4 cm³/mol. The predicted octanol–water partition coefficient (Wildman–Crippen LogP) is 3.06. The summed E-state index contributed by atoms with van der Waals surface area (Å²) >= 11 is 0. The Morgan fingerprint density at radius 3 is 2.76 bits per heavy atom. The van der Waals surface area contributed by atoms with Gasteiger partial charge in [-0.05, 0) is 31.6 Å². The summed E-state index contributed by atoms with van der Waals surface area (Å²) in [7, 11) is 0. The molecule has 0 radical (unpaired) electrons. The molecule has 0 aromatic heterocycles. The lowest BCUT2D eigenvalue weighted by Gasteiger charge is -2.19. The van der Waals surface area contributed by atoms with Gasteiger partial charge in [0.25, 0.3) is 0 Å². The van der Waals surface area contributed by atoms with Gasteiger partial charge >= 0.3 is 6.03 Å². The van der Waals surface area contributed by atoms with Crippen LogP contribution in [0.4, 0.5) is 4.79 Å². The Bertz CT molecular complexity index is 258. The van der Waals surface area contributed by atoms with E-state index >= 15 is 0 Å². The minimum Gasteiger partial charge on any atom is -0.334 e. The van der Waals surface area contributed by atoms with Crippen LogP contribution in [0.25, 0.3) is 0 Å². The quantitative estimate of drug-likeness (QED) is 0.467. The Morgan fingerprint density at radius 2 is 2.12 bits per heavy atom. The van der Waals surface area contributed by atoms with Gasteiger partial charge in [-0.1, -0.05) is 26.7 Å². The number of nitrogens with one attached hydrogen (secondary N) is 1. The Balaban J connectivity index is 2.41. The van der Waals surface area contributed by atoms with Gasteiger partial charge in [-0.25, -0.2) is 4.79 Å². The number of rotatable bonds is 4. The van der Waals surface area contributed by atoms with Crippen molar-refractivity contribution in [2.24, 2.45) is 11.2 Å². The molecule has 0 bridgehead atoms. The van der Waals surface area contributed by atoms with Crippen molar-refractivity contribution in [1.82, 2.24) is 10.3 Å². The average molecular weight is 241 g/mol. The summed E-state index contributed by atoms with van der Waals surface area (Å²) in [6.45, 7) is 4.55. The van der Waals surface area contributed by atoms with Crippen molar-refractivity contribution in [3.05, 3.63) is 4.91 Å². The highest BCUT2D eigenvalue weighted by Gasteiger charge is 2.20. The van der Waals surface area contributed by atoms with E-state index in [0.717, 1.165) is 43.0 Å². The lowest BCUT2D eigenvalue weighted by atomic mass is 10.0. The third-order valence-electron chi connectivity index (χ3n) is 3.35. The van der Waals surface area contributed by atoms with E-state index in [1.54, 1.807) is 0 Å². The molecule has 5 nitrogen and oxygen atoms in total. The van der Waals surface area contributed by atoms with Crippen molar-refractivity contribution >= 4 is 6.03 Å². The molecule has 0 aromatic rings. The summed E-state index contributed by atoms with van der Waals surface area (Å²) in [5.74, 6) is 0.743. The van der Waals surface area contributed by atoms with Crippen molar-refractivity contribution < 1.29 is 4.79 Å². The van der Waals surface area contributed by atoms with Gasteiger partial charge in [-0.3, -0.25) is 0 Å². The van der Waals surface area contributed by atoms with E-state index in [1.807, 2.05) is 6.92 Å². The Morgan fingerprint density at radius 1 is 1.35 bits per heavy atom. The number of urea groups is 1. The minimum absolute atomic E-state index is 0.202. The highest BCUT2D eigenvalue weighted by Crippen LogP contribution is 2.22. The number of amides is 2. The Kier molecular flexibility index (Phi) is 5.94. The van der Waals surface area contributed by atoms with Gasteiger partial charge in [0.2, 0.25) is 0 Å². The van der Waals surface area contributed by atoms with Crippen molar-refractivity contribution in [2.75, 3.05) is 6.54 Å². The van der Waals surface area contributed by atoms with Gasteiger partial charge < -0.3 is 5.32 Å². The van der Waals surface area contributed by atoms with E-state index in [9.17, 15) is 9.70 Å². The maximum atomic E-state index is 11.7. The van der Waals surface area contributed by atoms with Crippen LogP contribution in [0.5, 0.6) is 0 Å². The molecule has 1 N–H and O–H groups in total. The van der Waals surface area contributed by atoms with E-state index < -0.39 is 0 Å². The normalized spacial score (nSPS) is 24.8. The lowest BCUT2D eigenvalue weighted by Crippen LogP contribution is -2.42. The largest absolute Gasteiger partial charge is 0.340 e. The zero-order valence-electron chi connectivity index (χ0n) is 10.8. The van der Waals surface area contributed by atoms with E-state index in [4.69, 9.17) is 0 Å². The number of nitrogens with zero attached hydrogens (tertiary/aromatic N) is 2. The molecule has 5 heteroatoms. The van der Waals surface area contributed by atoms with Crippen LogP contribution >= 0.6 is 0 Å². The van der Waals surface area contributed by atoms with Crippen molar-refractivity contribution in [3.8, 4) is 0 Å². The number of carbonyl (C=O) groups excluding carboxylic acids is 1. The van der Waals surface area contributed by atoms with Crippen LogP contribution in [0.3, 0.4) is 0 Å². The third kappa shape index (κ3) is 4.71. The van der Waals surface area contributed by atoms with E-state index in [-0.39, 0.29) is 12.1 Å². The number of hydrogen-bond acceptors (Lipinski definition) is 3. The van der Waals surface area contributed by atoms with Crippen LogP contribution in [-0.2, 0) is 0 Å². The first-order valence-electron chi connectivity index (χ1n) is 6.58. The van der Waals surface area contributed by atoms with E-state index in [1.165, 1.54) is 6.42 Å². The van der Waals surface area contributed by atoms with Gasteiger partial charge in [-0.2, -0.15) is 5.01 Å². The zero-order chi connectivity index (χ0) is 12.7. The molecule has 17 heavy (non-hydrogen) atoms. The molecule has 1 aliphatic rings. The Labute approximate surface area is 103 Å². The molecule has 2 unspecified atom stereocenters. The second-order valence-corrected chi connectivity index (χ2v) is 4.96. The van der Waals surface area contributed by atoms with Crippen LogP contribution in [0.15, 0.2) is 5.29 Å². The average Bonchev–Trinajstić information content (AvgIpc) is 2.51. The highest BCUT2D eigenvalue weighted by molar-refractivity contribution is 5.74. The minimum atomic E-state index is -0.346. The maximum Gasteiger partial charge on any atom is 0.340 e. The number of carbonyl (C=O) groups is 1. The van der Waals surface area contributed by atoms with E-state index in [0.29, 0.717) is 6.54 Å². The molecule has 2 amide bonds. The van der Waals surface area contributed by atoms with Crippen LogP contribution in [-0.4, -0.2) is 23.6 Å². The SMILES string of the molecule is CCCN(N=O)C(=O)NC1CCCC(C)CC1. The molecule has 1 saturated carbocycles. The Hall–Kier alpha value is -1.13. The van der Waals surface area contributed by atoms with Gasteiger partial charge in [0.15, 0.2) is 0 Å². The molecule has 0 saturated heterocycles. The fourth-order valence-corrected chi connectivity index (χ4v) is 2.27. The van der Waals surface area contributed by atoms with E-state index in [2.05, 4.69) is 17.5 Å².